The average Bonchev–Trinajstić information content (AvgIpc) is 2.98. The number of carbonyl (C=O) groups is 2. The largest absolute Gasteiger partial charge is 0.475 e. The molecule has 1 atom stereocenters. The molecular formula is C14H15NO4S. The second kappa shape index (κ2) is 5.92. The molecule has 0 bridgehead atoms. The van der Waals surface area contributed by atoms with Crippen LogP contribution in [0.5, 0.6) is 0 Å². The fraction of sp³-hybridized carbons (Fsp3) is 0.286. The van der Waals surface area contributed by atoms with Crippen LogP contribution in [0, 0.1) is 6.92 Å². The van der Waals surface area contributed by atoms with E-state index < -0.39 is 11.9 Å². The Morgan fingerprint density at radius 3 is 2.55 bits per heavy atom. The Morgan fingerprint density at radius 2 is 2.00 bits per heavy atom. The number of amides is 1. The molecule has 2 rings (SSSR count). The van der Waals surface area contributed by atoms with Crippen LogP contribution < -0.4 is 5.32 Å². The molecule has 0 aromatic carbocycles. The third-order valence-corrected chi connectivity index (χ3v) is 3.74. The van der Waals surface area contributed by atoms with Gasteiger partial charge in [0, 0.05) is 22.2 Å². The molecule has 1 amide bonds. The summed E-state index contributed by atoms with van der Waals surface area (Å²) in [7, 11) is 0. The van der Waals surface area contributed by atoms with E-state index >= 15 is 0 Å². The number of aryl methyl sites for hydroxylation is 1. The van der Waals surface area contributed by atoms with Crippen molar-refractivity contribution < 1.29 is 19.1 Å². The van der Waals surface area contributed by atoms with Crippen molar-refractivity contribution in [2.24, 2.45) is 0 Å². The maximum absolute atomic E-state index is 11.9. The Bertz CT molecular complexity index is 629. The summed E-state index contributed by atoms with van der Waals surface area (Å²) in [5.74, 6) is -1.82. The predicted molar refractivity (Wildman–Crippen MR) is 75.4 cm³/mol. The molecule has 2 N–H and O–H groups in total. The van der Waals surface area contributed by atoms with E-state index in [2.05, 4.69) is 5.32 Å². The molecule has 0 fully saturated rings. The van der Waals surface area contributed by atoms with Crippen LogP contribution in [0.25, 0.3) is 0 Å². The van der Waals surface area contributed by atoms with Gasteiger partial charge in [0.25, 0.3) is 5.91 Å². The van der Waals surface area contributed by atoms with Gasteiger partial charge in [-0.25, -0.2) is 4.79 Å². The normalized spacial score (nSPS) is 12.1. The van der Waals surface area contributed by atoms with Crippen molar-refractivity contribution in [3.63, 3.8) is 0 Å². The van der Waals surface area contributed by atoms with E-state index in [9.17, 15) is 9.59 Å². The lowest BCUT2D eigenvalue weighted by molar-refractivity contribution is 0.0659. The van der Waals surface area contributed by atoms with Crippen LogP contribution in [-0.4, -0.2) is 23.0 Å². The van der Waals surface area contributed by atoms with E-state index in [1.165, 1.54) is 21.9 Å². The second-order valence-electron chi connectivity index (χ2n) is 4.56. The van der Waals surface area contributed by atoms with E-state index in [4.69, 9.17) is 9.52 Å². The molecule has 1 unspecified atom stereocenters. The molecule has 0 aliphatic heterocycles. The van der Waals surface area contributed by atoms with Crippen LogP contribution in [0.15, 0.2) is 28.7 Å². The highest BCUT2D eigenvalue weighted by molar-refractivity contribution is 7.11. The molecule has 5 nitrogen and oxygen atoms in total. The van der Waals surface area contributed by atoms with Gasteiger partial charge in [0.1, 0.15) is 0 Å². The van der Waals surface area contributed by atoms with Gasteiger partial charge in [-0.15, -0.1) is 11.3 Å². The first-order valence-electron chi connectivity index (χ1n) is 6.15. The summed E-state index contributed by atoms with van der Waals surface area (Å²) in [6, 6.07) is 6.66. The van der Waals surface area contributed by atoms with Crippen molar-refractivity contribution in [3.05, 3.63) is 45.5 Å². The van der Waals surface area contributed by atoms with E-state index in [1.807, 2.05) is 26.0 Å². The highest BCUT2D eigenvalue weighted by atomic mass is 32.1. The minimum Gasteiger partial charge on any atom is -0.475 e. The molecule has 0 aliphatic carbocycles. The van der Waals surface area contributed by atoms with Crippen LogP contribution in [0.4, 0.5) is 0 Å². The van der Waals surface area contributed by atoms with Gasteiger partial charge in [0.2, 0.25) is 5.76 Å². The van der Waals surface area contributed by atoms with Gasteiger partial charge in [0.05, 0.1) is 0 Å². The monoisotopic (exact) mass is 293 g/mol. The van der Waals surface area contributed by atoms with Crippen LogP contribution >= 0.6 is 11.3 Å². The quantitative estimate of drug-likeness (QED) is 0.888. The topological polar surface area (TPSA) is 79.5 Å². The number of carboxylic acids is 1. The summed E-state index contributed by atoms with van der Waals surface area (Å²) in [6.45, 7) is 3.93. The van der Waals surface area contributed by atoms with Crippen molar-refractivity contribution in [3.8, 4) is 0 Å². The zero-order valence-electron chi connectivity index (χ0n) is 11.2. The van der Waals surface area contributed by atoms with Crippen molar-refractivity contribution >= 4 is 23.2 Å². The fourth-order valence-electron chi connectivity index (χ4n) is 1.82. The molecular weight excluding hydrogens is 278 g/mol. The molecule has 0 saturated heterocycles. The summed E-state index contributed by atoms with van der Waals surface area (Å²) in [4.78, 5) is 25.0. The first kappa shape index (κ1) is 14.3. The molecule has 0 aliphatic rings. The molecule has 0 spiro atoms. The van der Waals surface area contributed by atoms with Gasteiger partial charge in [-0.05, 0) is 38.1 Å². The van der Waals surface area contributed by atoms with Gasteiger partial charge < -0.3 is 14.8 Å². The summed E-state index contributed by atoms with van der Waals surface area (Å²) in [5.41, 5.74) is 0. The van der Waals surface area contributed by atoms with Gasteiger partial charge in [-0.1, -0.05) is 0 Å². The molecule has 2 heterocycles. The zero-order chi connectivity index (χ0) is 14.7. The number of hydrogen-bond acceptors (Lipinski definition) is 4. The second-order valence-corrected chi connectivity index (χ2v) is 5.93. The van der Waals surface area contributed by atoms with E-state index in [1.54, 1.807) is 11.3 Å². The van der Waals surface area contributed by atoms with Crippen molar-refractivity contribution in [2.45, 2.75) is 26.3 Å². The van der Waals surface area contributed by atoms with Crippen LogP contribution in [-0.2, 0) is 6.42 Å². The molecule has 0 saturated carbocycles. The van der Waals surface area contributed by atoms with Crippen LogP contribution in [0.3, 0.4) is 0 Å². The summed E-state index contributed by atoms with van der Waals surface area (Å²) in [5, 5.41) is 11.5. The predicted octanol–water partition coefficient (Wildman–Crippen LogP) is 2.71. The average molecular weight is 293 g/mol. The number of furan rings is 1. The smallest absolute Gasteiger partial charge is 0.371 e. The lowest BCUT2D eigenvalue weighted by atomic mass is 10.2. The Morgan fingerprint density at radius 1 is 1.30 bits per heavy atom. The van der Waals surface area contributed by atoms with Gasteiger partial charge in [0.15, 0.2) is 5.76 Å². The number of carboxylic acid groups (broad SMARTS) is 1. The third kappa shape index (κ3) is 3.48. The summed E-state index contributed by atoms with van der Waals surface area (Å²) < 4.78 is 4.95. The molecule has 2 aromatic rings. The van der Waals surface area contributed by atoms with E-state index in [0.29, 0.717) is 0 Å². The Kier molecular flexibility index (Phi) is 4.24. The third-order valence-electron chi connectivity index (χ3n) is 2.72. The zero-order valence-corrected chi connectivity index (χ0v) is 12.0. The first-order chi connectivity index (χ1) is 9.45. The maximum Gasteiger partial charge on any atom is 0.371 e. The highest BCUT2D eigenvalue weighted by Gasteiger charge is 2.17. The Labute approximate surface area is 120 Å². The lowest BCUT2D eigenvalue weighted by Gasteiger charge is -2.11. The van der Waals surface area contributed by atoms with Gasteiger partial charge in [-0.2, -0.15) is 0 Å². The van der Waals surface area contributed by atoms with E-state index in [0.717, 1.165) is 6.42 Å². The number of aromatic carboxylic acids is 1. The molecule has 20 heavy (non-hydrogen) atoms. The Balaban J connectivity index is 1.94. The number of thiophene rings is 1. The summed E-state index contributed by atoms with van der Waals surface area (Å²) in [6.07, 6.45) is 0.733. The number of hydrogen-bond donors (Lipinski definition) is 2. The molecule has 0 radical (unpaired) electrons. The van der Waals surface area contributed by atoms with Crippen LogP contribution in [0.2, 0.25) is 0 Å². The number of nitrogens with one attached hydrogen (secondary N) is 1. The van der Waals surface area contributed by atoms with Crippen molar-refractivity contribution in [2.75, 3.05) is 0 Å². The fourth-order valence-corrected chi connectivity index (χ4v) is 2.84. The first-order valence-corrected chi connectivity index (χ1v) is 6.96. The van der Waals surface area contributed by atoms with E-state index in [-0.39, 0.29) is 17.6 Å². The van der Waals surface area contributed by atoms with Gasteiger partial charge >= 0.3 is 5.97 Å². The SMILES string of the molecule is Cc1ccc(CC(C)NC(=O)c2ccc(C(=O)O)o2)s1. The number of rotatable bonds is 5. The lowest BCUT2D eigenvalue weighted by Crippen LogP contribution is -2.33. The van der Waals surface area contributed by atoms with Gasteiger partial charge in [-0.3, -0.25) is 4.79 Å². The minimum absolute atomic E-state index is 0.0108. The summed E-state index contributed by atoms with van der Waals surface area (Å²) >= 11 is 1.69. The maximum atomic E-state index is 11.9. The minimum atomic E-state index is -1.19. The number of carbonyl (C=O) groups excluding carboxylic acids is 1. The van der Waals surface area contributed by atoms with Crippen LogP contribution in [0.1, 0.15) is 37.8 Å². The molecule has 2 aromatic heterocycles. The molecule has 6 heteroatoms. The Hall–Kier alpha value is -2.08. The highest BCUT2D eigenvalue weighted by Crippen LogP contribution is 2.17. The van der Waals surface area contributed by atoms with Crippen molar-refractivity contribution in [1.82, 2.24) is 5.32 Å². The molecule has 106 valence electrons. The van der Waals surface area contributed by atoms with Crippen molar-refractivity contribution in [1.29, 1.82) is 0 Å². The standard InChI is InChI=1S/C14H15NO4S/c1-8(7-10-4-3-9(2)20-10)15-13(16)11-5-6-12(19-11)14(17)18/h3-6,8H,7H2,1-2H3,(H,15,16)(H,17,18).